The van der Waals surface area contributed by atoms with Gasteiger partial charge in [0.1, 0.15) is 12.0 Å². The fraction of sp³-hybridized carbons (Fsp3) is 0.400. The summed E-state index contributed by atoms with van der Waals surface area (Å²) in [5, 5.41) is 0. The van der Waals surface area contributed by atoms with Crippen molar-refractivity contribution in [2.75, 3.05) is 24.2 Å². The number of ether oxygens (including phenoxy) is 1. The van der Waals surface area contributed by atoms with Crippen molar-refractivity contribution in [3.05, 3.63) is 36.4 Å². The van der Waals surface area contributed by atoms with Crippen molar-refractivity contribution in [3.8, 4) is 5.88 Å². The molecule has 0 radical (unpaired) electrons. The molecule has 0 amide bonds. The van der Waals surface area contributed by atoms with Gasteiger partial charge in [-0.3, -0.25) is 4.98 Å². The lowest BCUT2D eigenvalue weighted by Gasteiger charge is -2.21. The van der Waals surface area contributed by atoms with Crippen LogP contribution in [-0.2, 0) is 6.42 Å². The fourth-order valence-electron chi connectivity index (χ4n) is 1.94. The van der Waals surface area contributed by atoms with E-state index in [1.165, 1.54) is 11.9 Å². The minimum atomic E-state index is 0.0252. The van der Waals surface area contributed by atoms with Crippen LogP contribution in [-0.4, -0.2) is 34.6 Å². The molecule has 6 nitrogen and oxygen atoms in total. The van der Waals surface area contributed by atoms with Crippen LogP contribution in [0.5, 0.6) is 5.88 Å². The van der Waals surface area contributed by atoms with Crippen molar-refractivity contribution < 1.29 is 4.74 Å². The second kappa shape index (κ2) is 6.88. The summed E-state index contributed by atoms with van der Waals surface area (Å²) in [7, 11) is 1.96. The van der Waals surface area contributed by atoms with Crippen LogP contribution in [0.4, 0.5) is 11.5 Å². The molecule has 21 heavy (non-hydrogen) atoms. The molecule has 2 aromatic heterocycles. The number of pyridine rings is 1. The number of aromatic nitrogens is 3. The Kier molecular flexibility index (Phi) is 4.92. The summed E-state index contributed by atoms with van der Waals surface area (Å²) < 4.78 is 5.59. The Morgan fingerprint density at radius 2 is 1.95 bits per heavy atom. The number of rotatable bonds is 6. The average molecular weight is 287 g/mol. The summed E-state index contributed by atoms with van der Waals surface area (Å²) in [5.74, 6) is 1.13. The molecule has 0 bridgehead atoms. The number of hydrogen-bond acceptors (Lipinski definition) is 6. The summed E-state index contributed by atoms with van der Waals surface area (Å²) in [6.07, 6.45) is 5.98. The van der Waals surface area contributed by atoms with Crippen molar-refractivity contribution in [1.29, 1.82) is 0 Å². The molecule has 0 saturated heterocycles. The summed E-state index contributed by atoms with van der Waals surface area (Å²) in [6, 6.07) is 4.01. The van der Waals surface area contributed by atoms with Gasteiger partial charge < -0.3 is 15.4 Å². The van der Waals surface area contributed by atoms with Crippen LogP contribution in [0.2, 0.25) is 0 Å². The average Bonchev–Trinajstić information content (AvgIpc) is 2.47. The highest BCUT2D eigenvalue weighted by molar-refractivity contribution is 5.67. The lowest BCUT2D eigenvalue weighted by molar-refractivity contribution is 0.234. The molecule has 2 rings (SSSR count). The molecule has 0 fully saturated rings. The van der Waals surface area contributed by atoms with E-state index in [9.17, 15) is 0 Å². The van der Waals surface area contributed by atoms with E-state index in [1.54, 1.807) is 12.4 Å². The third kappa shape index (κ3) is 4.05. The molecule has 112 valence electrons. The van der Waals surface area contributed by atoms with E-state index in [0.717, 1.165) is 13.0 Å². The maximum atomic E-state index is 6.10. The topological polar surface area (TPSA) is 77.2 Å². The predicted octanol–water partition coefficient (Wildman–Crippen LogP) is 1.92. The van der Waals surface area contributed by atoms with Crippen LogP contribution in [0.25, 0.3) is 0 Å². The highest BCUT2D eigenvalue weighted by atomic mass is 16.5. The monoisotopic (exact) mass is 287 g/mol. The van der Waals surface area contributed by atoms with Crippen LogP contribution < -0.4 is 15.4 Å². The summed E-state index contributed by atoms with van der Waals surface area (Å²) in [5.41, 5.74) is 7.80. The molecule has 0 aromatic carbocycles. The standard InChI is InChI=1S/C15H21N5O/c1-11(2)21-15-13(16)14(18-10-19-15)20(3)9-6-12-4-7-17-8-5-12/h4-5,7-8,10-11H,6,9,16H2,1-3H3. The number of likely N-dealkylation sites (N-methyl/N-ethyl adjacent to an activating group) is 1. The van der Waals surface area contributed by atoms with Gasteiger partial charge in [0, 0.05) is 26.0 Å². The summed E-state index contributed by atoms with van der Waals surface area (Å²) >= 11 is 0. The second-order valence-corrected chi connectivity index (χ2v) is 5.11. The van der Waals surface area contributed by atoms with Crippen molar-refractivity contribution in [2.45, 2.75) is 26.4 Å². The molecule has 0 aliphatic rings. The molecule has 0 saturated carbocycles. The summed E-state index contributed by atoms with van der Waals surface area (Å²) in [6.45, 7) is 4.68. The summed E-state index contributed by atoms with van der Waals surface area (Å²) in [4.78, 5) is 14.4. The van der Waals surface area contributed by atoms with Gasteiger partial charge in [0.15, 0.2) is 5.82 Å². The molecule has 2 heterocycles. The second-order valence-electron chi connectivity index (χ2n) is 5.11. The molecular weight excluding hydrogens is 266 g/mol. The molecule has 0 unspecified atom stereocenters. The molecular formula is C15H21N5O. The van der Waals surface area contributed by atoms with E-state index in [1.807, 2.05) is 37.9 Å². The lowest BCUT2D eigenvalue weighted by atomic mass is 10.2. The minimum absolute atomic E-state index is 0.0252. The van der Waals surface area contributed by atoms with Gasteiger partial charge in [0.2, 0.25) is 5.88 Å². The van der Waals surface area contributed by atoms with Gasteiger partial charge in [-0.05, 0) is 38.0 Å². The molecule has 2 aromatic rings. The first-order chi connectivity index (χ1) is 10.1. The van der Waals surface area contributed by atoms with Gasteiger partial charge in [0.25, 0.3) is 0 Å². The maximum Gasteiger partial charge on any atom is 0.242 e. The Morgan fingerprint density at radius 3 is 2.62 bits per heavy atom. The Hall–Kier alpha value is -2.37. The van der Waals surface area contributed by atoms with E-state index >= 15 is 0 Å². The SMILES string of the molecule is CC(C)Oc1ncnc(N(C)CCc2ccncc2)c1N. The first-order valence-corrected chi connectivity index (χ1v) is 6.95. The normalized spacial score (nSPS) is 10.7. The van der Waals surface area contributed by atoms with Gasteiger partial charge in [0.05, 0.1) is 6.10 Å². The Bertz CT molecular complexity index is 574. The quantitative estimate of drug-likeness (QED) is 0.874. The van der Waals surface area contributed by atoms with Crippen LogP contribution in [0.15, 0.2) is 30.9 Å². The first kappa shape index (κ1) is 15.0. The number of hydrogen-bond donors (Lipinski definition) is 1. The Morgan fingerprint density at radius 1 is 1.24 bits per heavy atom. The van der Waals surface area contributed by atoms with E-state index in [2.05, 4.69) is 15.0 Å². The van der Waals surface area contributed by atoms with E-state index < -0.39 is 0 Å². The predicted molar refractivity (Wildman–Crippen MR) is 83.4 cm³/mol. The van der Waals surface area contributed by atoms with E-state index in [0.29, 0.717) is 17.4 Å². The molecule has 0 atom stereocenters. The van der Waals surface area contributed by atoms with Gasteiger partial charge >= 0.3 is 0 Å². The van der Waals surface area contributed by atoms with Crippen LogP contribution >= 0.6 is 0 Å². The van der Waals surface area contributed by atoms with Crippen molar-refractivity contribution in [3.63, 3.8) is 0 Å². The molecule has 2 N–H and O–H groups in total. The number of anilines is 2. The number of nitrogens with two attached hydrogens (primary N) is 1. The zero-order chi connectivity index (χ0) is 15.2. The van der Waals surface area contributed by atoms with E-state index in [-0.39, 0.29) is 6.10 Å². The van der Waals surface area contributed by atoms with Gasteiger partial charge in [-0.15, -0.1) is 0 Å². The minimum Gasteiger partial charge on any atom is -0.473 e. The molecule has 0 aliphatic carbocycles. The van der Waals surface area contributed by atoms with E-state index in [4.69, 9.17) is 10.5 Å². The number of nitrogens with zero attached hydrogens (tertiary/aromatic N) is 4. The van der Waals surface area contributed by atoms with Gasteiger partial charge in [-0.2, -0.15) is 4.98 Å². The maximum absolute atomic E-state index is 6.10. The molecule has 0 spiro atoms. The molecule has 6 heteroatoms. The van der Waals surface area contributed by atoms with Crippen molar-refractivity contribution in [1.82, 2.24) is 15.0 Å². The van der Waals surface area contributed by atoms with Crippen LogP contribution in [0.3, 0.4) is 0 Å². The highest BCUT2D eigenvalue weighted by Gasteiger charge is 2.14. The molecule has 0 aliphatic heterocycles. The lowest BCUT2D eigenvalue weighted by Crippen LogP contribution is -2.23. The zero-order valence-electron chi connectivity index (χ0n) is 12.7. The Labute approximate surface area is 125 Å². The van der Waals surface area contributed by atoms with Crippen molar-refractivity contribution >= 4 is 11.5 Å². The Balaban J connectivity index is 2.06. The van der Waals surface area contributed by atoms with Crippen molar-refractivity contribution in [2.24, 2.45) is 0 Å². The van der Waals surface area contributed by atoms with Crippen LogP contribution in [0, 0.1) is 0 Å². The third-order valence-corrected chi connectivity index (χ3v) is 3.02. The smallest absolute Gasteiger partial charge is 0.242 e. The highest BCUT2D eigenvalue weighted by Crippen LogP contribution is 2.27. The first-order valence-electron chi connectivity index (χ1n) is 6.95. The van der Waals surface area contributed by atoms with Gasteiger partial charge in [-0.25, -0.2) is 4.98 Å². The van der Waals surface area contributed by atoms with Gasteiger partial charge in [-0.1, -0.05) is 0 Å². The third-order valence-electron chi connectivity index (χ3n) is 3.02. The fourth-order valence-corrected chi connectivity index (χ4v) is 1.94. The van der Waals surface area contributed by atoms with Crippen LogP contribution in [0.1, 0.15) is 19.4 Å². The zero-order valence-corrected chi connectivity index (χ0v) is 12.7. The number of nitrogen functional groups attached to an aromatic ring is 1. The largest absolute Gasteiger partial charge is 0.473 e.